The molecule has 0 spiro atoms. The van der Waals surface area contributed by atoms with Gasteiger partial charge in [0.15, 0.2) is 11.5 Å². The molecule has 2 aromatic carbocycles. The summed E-state index contributed by atoms with van der Waals surface area (Å²) in [6, 6.07) is 6.01. The van der Waals surface area contributed by atoms with Crippen molar-refractivity contribution in [2.45, 2.75) is 38.1 Å². The minimum Gasteiger partial charge on any atom is -0.438 e. The lowest BCUT2D eigenvalue weighted by Crippen LogP contribution is -2.31. The van der Waals surface area contributed by atoms with Crippen LogP contribution in [-0.2, 0) is 0 Å². The van der Waals surface area contributed by atoms with Gasteiger partial charge in [0.05, 0.1) is 11.3 Å². The van der Waals surface area contributed by atoms with Crippen LogP contribution >= 0.6 is 0 Å². The van der Waals surface area contributed by atoms with Gasteiger partial charge in [-0.2, -0.15) is 5.26 Å². The van der Waals surface area contributed by atoms with Crippen LogP contribution in [0.1, 0.15) is 42.2 Å². The van der Waals surface area contributed by atoms with E-state index in [4.69, 9.17) is 4.42 Å². The number of hydrogen-bond acceptors (Lipinski definition) is 5. The Morgan fingerprint density at radius 2 is 2.00 bits per heavy atom. The molecule has 31 heavy (non-hydrogen) atoms. The number of hydrogen-bond donors (Lipinski definition) is 0. The first kappa shape index (κ1) is 20.0. The number of anilines is 1. The summed E-state index contributed by atoms with van der Waals surface area (Å²) in [7, 11) is 4.08. The second-order valence-electron chi connectivity index (χ2n) is 8.82. The molecule has 1 saturated heterocycles. The molecule has 0 amide bonds. The third-order valence-corrected chi connectivity index (χ3v) is 6.53. The SMILES string of the molecule is Cc1c(-c2cc(F)ccc2F)c(N2CCC(N(C)C)C2)c2oc(C3CC3)nc2c1C#N. The van der Waals surface area contributed by atoms with Crippen LogP contribution in [0.4, 0.5) is 14.5 Å². The van der Waals surface area contributed by atoms with E-state index in [0.29, 0.717) is 45.4 Å². The predicted molar refractivity (Wildman–Crippen MR) is 115 cm³/mol. The Morgan fingerprint density at radius 1 is 1.23 bits per heavy atom. The number of rotatable bonds is 4. The van der Waals surface area contributed by atoms with E-state index >= 15 is 0 Å². The molecular weight excluding hydrogens is 398 g/mol. The third-order valence-electron chi connectivity index (χ3n) is 6.53. The predicted octanol–water partition coefficient (Wildman–Crippen LogP) is 4.97. The highest BCUT2D eigenvalue weighted by Gasteiger charge is 2.35. The molecule has 1 saturated carbocycles. The summed E-state index contributed by atoms with van der Waals surface area (Å²) >= 11 is 0. The van der Waals surface area contributed by atoms with Gasteiger partial charge in [-0.3, -0.25) is 0 Å². The van der Waals surface area contributed by atoms with Crippen LogP contribution in [-0.4, -0.2) is 43.1 Å². The Hall–Kier alpha value is -2.98. The molecular formula is C24H24F2N4O. The topological polar surface area (TPSA) is 56.3 Å². The minimum atomic E-state index is -0.528. The third kappa shape index (κ3) is 3.26. The van der Waals surface area contributed by atoms with Crippen molar-refractivity contribution in [2.24, 2.45) is 0 Å². The monoisotopic (exact) mass is 422 g/mol. The fourth-order valence-electron chi connectivity index (χ4n) is 4.59. The van der Waals surface area contributed by atoms with Crippen molar-refractivity contribution in [2.75, 3.05) is 32.1 Å². The van der Waals surface area contributed by atoms with Crippen molar-refractivity contribution in [3.05, 3.63) is 46.9 Å². The first-order valence-electron chi connectivity index (χ1n) is 10.6. The number of fused-ring (bicyclic) bond motifs is 1. The van der Waals surface area contributed by atoms with Gasteiger partial charge in [0.1, 0.15) is 23.2 Å². The van der Waals surface area contributed by atoms with Crippen LogP contribution < -0.4 is 4.90 Å². The fourth-order valence-corrected chi connectivity index (χ4v) is 4.59. The Balaban J connectivity index is 1.83. The maximum atomic E-state index is 15.0. The van der Waals surface area contributed by atoms with Crippen LogP contribution in [0.25, 0.3) is 22.2 Å². The number of benzene rings is 2. The Kier molecular flexibility index (Phi) is 4.71. The van der Waals surface area contributed by atoms with Crippen LogP contribution in [0.5, 0.6) is 0 Å². The fraction of sp³-hybridized carbons (Fsp3) is 0.417. The summed E-state index contributed by atoms with van der Waals surface area (Å²) in [5.74, 6) is -0.148. The van der Waals surface area contributed by atoms with E-state index in [1.165, 1.54) is 6.07 Å². The number of nitriles is 1. The van der Waals surface area contributed by atoms with E-state index in [0.717, 1.165) is 44.5 Å². The summed E-state index contributed by atoms with van der Waals surface area (Å²) < 4.78 is 35.4. The van der Waals surface area contributed by atoms with E-state index < -0.39 is 11.6 Å². The quantitative estimate of drug-likeness (QED) is 0.594. The summed E-state index contributed by atoms with van der Waals surface area (Å²) in [4.78, 5) is 9.02. The standard InChI is InChI=1S/C24H24F2N4O/c1-13-18(11-27)21-23(31-24(28-21)14-4-5-14)22(30-9-8-16(12-30)29(2)3)20(13)17-10-15(25)6-7-19(17)26/h6-7,10,14,16H,4-5,8-9,12H2,1-3H3. The van der Waals surface area contributed by atoms with E-state index in [9.17, 15) is 14.0 Å². The molecule has 160 valence electrons. The van der Waals surface area contributed by atoms with Gasteiger partial charge in [-0.1, -0.05) is 0 Å². The molecule has 1 aromatic heterocycles. The van der Waals surface area contributed by atoms with E-state index in [-0.39, 0.29) is 11.5 Å². The van der Waals surface area contributed by atoms with Crippen molar-refractivity contribution in [3.63, 3.8) is 0 Å². The lowest BCUT2D eigenvalue weighted by atomic mass is 9.92. The molecule has 0 N–H and O–H groups in total. The lowest BCUT2D eigenvalue weighted by Gasteiger charge is -2.26. The van der Waals surface area contributed by atoms with Gasteiger partial charge in [0.2, 0.25) is 0 Å². The molecule has 0 bridgehead atoms. The maximum absolute atomic E-state index is 15.0. The van der Waals surface area contributed by atoms with Crippen molar-refractivity contribution in [3.8, 4) is 17.2 Å². The van der Waals surface area contributed by atoms with Crippen molar-refractivity contribution >= 4 is 16.8 Å². The number of aromatic nitrogens is 1. The van der Waals surface area contributed by atoms with Gasteiger partial charge in [0.25, 0.3) is 0 Å². The zero-order valence-electron chi connectivity index (χ0n) is 17.9. The van der Waals surface area contributed by atoms with Gasteiger partial charge in [0, 0.05) is 36.2 Å². The molecule has 7 heteroatoms. The van der Waals surface area contributed by atoms with Crippen molar-refractivity contribution < 1.29 is 13.2 Å². The molecule has 0 radical (unpaired) electrons. The van der Waals surface area contributed by atoms with Crippen LogP contribution in [0, 0.1) is 29.9 Å². The molecule has 1 unspecified atom stereocenters. The number of halogens is 2. The molecule has 1 aliphatic carbocycles. The van der Waals surface area contributed by atoms with Gasteiger partial charge in [-0.05, 0) is 64.0 Å². The van der Waals surface area contributed by atoms with Gasteiger partial charge in [-0.25, -0.2) is 13.8 Å². The zero-order chi connectivity index (χ0) is 21.9. The zero-order valence-corrected chi connectivity index (χ0v) is 17.9. The summed E-state index contributed by atoms with van der Waals surface area (Å²) in [5, 5.41) is 9.93. The highest BCUT2D eigenvalue weighted by molar-refractivity contribution is 6.02. The van der Waals surface area contributed by atoms with Crippen molar-refractivity contribution in [1.82, 2.24) is 9.88 Å². The maximum Gasteiger partial charge on any atom is 0.198 e. The van der Waals surface area contributed by atoms with Gasteiger partial charge < -0.3 is 14.2 Å². The van der Waals surface area contributed by atoms with E-state index in [1.54, 1.807) is 6.92 Å². The van der Waals surface area contributed by atoms with Crippen molar-refractivity contribution in [1.29, 1.82) is 5.26 Å². The summed E-state index contributed by atoms with van der Waals surface area (Å²) in [6.07, 6.45) is 2.98. The number of nitrogens with zero attached hydrogens (tertiary/aromatic N) is 4. The molecule has 2 fully saturated rings. The molecule has 2 aliphatic rings. The molecule has 1 atom stereocenters. The smallest absolute Gasteiger partial charge is 0.198 e. The van der Waals surface area contributed by atoms with E-state index in [2.05, 4.69) is 20.9 Å². The second-order valence-corrected chi connectivity index (χ2v) is 8.82. The molecule has 2 heterocycles. The van der Waals surface area contributed by atoms with Crippen LogP contribution in [0.15, 0.2) is 22.6 Å². The Labute approximate surface area is 179 Å². The van der Waals surface area contributed by atoms with Crippen LogP contribution in [0.2, 0.25) is 0 Å². The van der Waals surface area contributed by atoms with Crippen LogP contribution in [0.3, 0.4) is 0 Å². The minimum absolute atomic E-state index is 0.142. The number of oxazole rings is 1. The average Bonchev–Trinajstić information content (AvgIpc) is 3.30. The first-order valence-corrected chi connectivity index (χ1v) is 10.6. The second kappa shape index (κ2) is 7.31. The highest BCUT2D eigenvalue weighted by Crippen LogP contribution is 2.47. The normalized spacial score (nSPS) is 18.9. The average molecular weight is 422 g/mol. The molecule has 5 nitrogen and oxygen atoms in total. The Bertz CT molecular complexity index is 1220. The largest absolute Gasteiger partial charge is 0.438 e. The molecule has 1 aliphatic heterocycles. The highest BCUT2D eigenvalue weighted by atomic mass is 19.1. The Morgan fingerprint density at radius 3 is 2.65 bits per heavy atom. The van der Waals surface area contributed by atoms with Gasteiger partial charge in [-0.15, -0.1) is 0 Å². The number of likely N-dealkylation sites (N-methyl/N-ethyl adjacent to an activating group) is 1. The first-order chi connectivity index (χ1) is 14.9. The molecule has 5 rings (SSSR count). The molecule has 3 aromatic rings. The summed E-state index contributed by atoms with van der Waals surface area (Å²) in [6.45, 7) is 3.27. The van der Waals surface area contributed by atoms with E-state index in [1.807, 2.05) is 14.1 Å². The summed E-state index contributed by atoms with van der Waals surface area (Å²) in [5.41, 5.74) is 3.34. The van der Waals surface area contributed by atoms with Gasteiger partial charge >= 0.3 is 0 Å². The lowest BCUT2D eigenvalue weighted by molar-refractivity contribution is 0.315.